The van der Waals surface area contributed by atoms with Gasteiger partial charge in [-0.3, -0.25) is 29.1 Å². The minimum atomic E-state index is -0.952. The minimum Gasteiger partial charge on any atom is -0.492 e. The van der Waals surface area contributed by atoms with Gasteiger partial charge in [-0.25, -0.2) is 0 Å². The molecule has 228 valence electrons. The molecule has 0 aliphatic heterocycles. The molecule has 0 bridgehead atoms. The molecule has 0 spiro atoms. The summed E-state index contributed by atoms with van der Waals surface area (Å²) >= 11 is 0. The largest absolute Gasteiger partial charge is 0.492 e. The van der Waals surface area contributed by atoms with Crippen molar-refractivity contribution in [3.05, 3.63) is 84.1 Å². The summed E-state index contributed by atoms with van der Waals surface area (Å²) in [7, 11) is 3.88. The van der Waals surface area contributed by atoms with E-state index < -0.39 is 30.2 Å². The van der Waals surface area contributed by atoms with Gasteiger partial charge in [-0.1, -0.05) is 38.1 Å². The van der Waals surface area contributed by atoms with E-state index >= 15 is 0 Å². The monoisotopic (exact) mass is 587 g/mol. The molecule has 10 heteroatoms. The zero-order valence-corrected chi connectivity index (χ0v) is 25.3. The standard InChI is InChI=1S/C33H41N5O5/c1-23(2)18-29(34)33(42)38(32(41)25-11-13-28(14-12-25)43-17-16-37(3)4)22-27(39)21-36-31(40)20-24-8-7-9-26(19-24)30-10-5-6-15-35-30/h5-15,19,23,29H,16-18,20-22,34H2,1-4H3,(H,36,40)/t29-/m0/s1. The number of benzene rings is 2. The maximum atomic E-state index is 13.4. The Morgan fingerprint density at radius 3 is 2.37 bits per heavy atom. The second kappa shape index (κ2) is 16.3. The Bertz CT molecular complexity index is 1380. The molecule has 0 saturated heterocycles. The lowest BCUT2D eigenvalue weighted by atomic mass is 10.0. The van der Waals surface area contributed by atoms with Gasteiger partial charge in [-0.05, 0) is 74.5 Å². The molecule has 3 N–H and O–H groups in total. The van der Waals surface area contributed by atoms with Crippen LogP contribution in [0.15, 0.2) is 72.9 Å². The highest BCUT2D eigenvalue weighted by Crippen LogP contribution is 2.18. The van der Waals surface area contributed by atoms with E-state index in [0.717, 1.165) is 28.3 Å². The molecule has 3 amide bonds. The summed E-state index contributed by atoms with van der Waals surface area (Å²) in [6.07, 6.45) is 2.10. The first-order chi connectivity index (χ1) is 20.5. The summed E-state index contributed by atoms with van der Waals surface area (Å²) in [6, 6.07) is 18.5. The Kier molecular flexibility index (Phi) is 12.5. The van der Waals surface area contributed by atoms with Crippen molar-refractivity contribution in [1.82, 2.24) is 20.1 Å². The Labute approximate surface area is 253 Å². The number of carbonyl (C=O) groups is 4. The van der Waals surface area contributed by atoms with Crippen molar-refractivity contribution in [3.8, 4) is 17.0 Å². The fraction of sp³-hybridized carbons (Fsp3) is 0.364. The number of nitrogens with zero attached hydrogens (tertiary/aromatic N) is 3. The van der Waals surface area contributed by atoms with Gasteiger partial charge >= 0.3 is 0 Å². The molecule has 0 aliphatic carbocycles. The molecule has 1 aromatic heterocycles. The van der Waals surface area contributed by atoms with Crippen LogP contribution in [0.4, 0.5) is 0 Å². The number of nitrogens with two attached hydrogens (primary N) is 1. The molecule has 10 nitrogen and oxygen atoms in total. The summed E-state index contributed by atoms with van der Waals surface area (Å²) in [5.41, 5.74) is 8.76. The molecule has 0 aliphatic rings. The van der Waals surface area contributed by atoms with Gasteiger partial charge in [0.25, 0.3) is 5.91 Å². The van der Waals surface area contributed by atoms with Gasteiger partial charge in [0.2, 0.25) is 11.8 Å². The van der Waals surface area contributed by atoms with Crippen LogP contribution in [0.3, 0.4) is 0 Å². The number of imide groups is 1. The number of hydrogen-bond acceptors (Lipinski definition) is 8. The molecule has 0 unspecified atom stereocenters. The number of likely N-dealkylation sites (N-methyl/N-ethyl adjacent to an activating group) is 1. The number of carbonyl (C=O) groups excluding carboxylic acids is 4. The SMILES string of the molecule is CC(C)C[C@H](N)C(=O)N(CC(=O)CNC(=O)Cc1cccc(-c2ccccn2)c1)C(=O)c1ccc(OCCN(C)C)cc1. The summed E-state index contributed by atoms with van der Waals surface area (Å²) in [5, 5.41) is 2.60. The number of pyridine rings is 1. The smallest absolute Gasteiger partial charge is 0.260 e. The quantitative estimate of drug-likeness (QED) is 0.277. The van der Waals surface area contributed by atoms with Gasteiger partial charge in [0.15, 0.2) is 5.78 Å². The van der Waals surface area contributed by atoms with Crippen molar-refractivity contribution in [1.29, 1.82) is 0 Å². The van der Waals surface area contributed by atoms with Gasteiger partial charge in [0, 0.05) is 23.9 Å². The zero-order chi connectivity index (χ0) is 31.4. The highest BCUT2D eigenvalue weighted by Gasteiger charge is 2.30. The van der Waals surface area contributed by atoms with E-state index in [1.807, 2.05) is 75.3 Å². The Morgan fingerprint density at radius 2 is 1.72 bits per heavy atom. The molecule has 1 atom stereocenters. The minimum absolute atomic E-state index is 0.0533. The van der Waals surface area contributed by atoms with E-state index in [0.29, 0.717) is 18.8 Å². The fourth-order valence-corrected chi connectivity index (χ4v) is 4.31. The van der Waals surface area contributed by atoms with Crippen LogP contribution in [0.5, 0.6) is 5.75 Å². The predicted molar refractivity (Wildman–Crippen MR) is 165 cm³/mol. The van der Waals surface area contributed by atoms with E-state index in [-0.39, 0.29) is 30.4 Å². The van der Waals surface area contributed by atoms with E-state index in [4.69, 9.17) is 10.5 Å². The predicted octanol–water partition coefficient (Wildman–Crippen LogP) is 2.96. The van der Waals surface area contributed by atoms with E-state index in [1.165, 1.54) is 0 Å². The Balaban J connectivity index is 1.64. The molecule has 3 aromatic rings. The third-order valence-corrected chi connectivity index (χ3v) is 6.53. The molecular formula is C33H41N5O5. The fourth-order valence-electron chi connectivity index (χ4n) is 4.31. The Morgan fingerprint density at radius 1 is 0.977 bits per heavy atom. The number of aromatic nitrogens is 1. The van der Waals surface area contributed by atoms with Crippen LogP contribution in [-0.2, 0) is 20.8 Å². The number of amides is 3. The maximum Gasteiger partial charge on any atom is 0.260 e. The van der Waals surface area contributed by atoms with Crippen LogP contribution in [0, 0.1) is 5.92 Å². The lowest BCUT2D eigenvalue weighted by Gasteiger charge is -2.24. The molecule has 2 aromatic carbocycles. The highest BCUT2D eigenvalue weighted by molar-refractivity contribution is 6.08. The number of nitrogens with one attached hydrogen (secondary N) is 1. The van der Waals surface area contributed by atoms with Crippen molar-refractivity contribution in [2.45, 2.75) is 32.7 Å². The van der Waals surface area contributed by atoms with E-state index in [9.17, 15) is 19.2 Å². The molecule has 3 rings (SSSR count). The van der Waals surface area contributed by atoms with E-state index in [1.54, 1.807) is 30.5 Å². The van der Waals surface area contributed by atoms with Gasteiger partial charge in [0.1, 0.15) is 12.4 Å². The molecule has 1 heterocycles. The number of Topliss-reactive ketones (excluding diaryl/α,β-unsaturated/α-hetero) is 1. The third kappa shape index (κ3) is 10.7. The van der Waals surface area contributed by atoms with Gasteiger partial charge < -0.3 is 20.7 Å². The van der Waals surface area contributed by atoms with Crippen LogP contribution in [-0.4, -0.2) is 84.7 Å². The lowest BCUT2D eigenvalue weighted by Crippen LogP contribution is -2.50. The van der Waals surface area contributed by atoms with Crippen LogP contribution >= 0.6 is 0 Å². The van der Waals surface area contributed by atoms with Crippen molar-refractivity contribution < 1.29 is 23.9 Å². The lowest BCUT2D eigenvalue weighted by molar-refractivity contribution is -0.134. The summed E-state index contributed by atoms with van der Waals surface area (Å²) in [5.74, 6) is -1.46. The van der Waals surface area contributed by atoms with Crippen LogP contribution in [0.2, 0.25) is 0 Å². The van der Waals surface area contributed by atoms with Gasteiger partial charge in [0.05, 0.1) is 31.2 Å². The highest BCUT2D eigenvalue weighted by atomic mass is 16.5. The summed E-state index contributed by atoms with van der Waals surface area (Å²) in [4.78, 5) is 59.4. The van der Waals surface area contributed by atoms with Crippen LogP contribution < -0.4 is 15.8 Å². The normalized spacial score (nSPS) is 11.7. The number of ketones is 1. The van der Waals surface area contributed by atoms with Crippen molar-refractivity contribution in [3.63, 3.8) is 0 Å². The molecule has 0 radical (unpaired) electrons. The molecule has 43 heavy (non-hydrogen) atoms. The van der Waals surface area contributed by atoms with Gasteiger partial charge in [-0.15, -0.1) is 0 Å². The van der Waals surface area contributed by atoms with Crippen molar-refractivity contribution in [2.24, 2.45) is 11.7 Å². The summed E-state index contributed by atoms with van der Waals surface area (Å²) < 4.78 is 5.68. The third-order valence-electron chi connectivity index (χ3n) is 6.53. The first kappa shape index (κ1) is 33.1. The van der Waals surface area contributed by atoms with Crippen molar-refractivity contribution in [2.75, 3.05) is 40.3 Å². The molecule has 0 saturated carbocycles. The number of rotatable bonds is 15. The van der Waals surface area contributed by atoms with Crippen LogP contribution in [0.1, 0.15) is 36.2 Å². The van der Waals surface area contributed by atoms with Crippen molar-refractivity contribution >= 4 is 23.5 Å². The average Bonchev–Trinajstić information content (AvgIpc) is 2.98. The number of hydrogen-bond donors (Lipinski definition) is 2. The maximum absolute atomic E-state index is 13.4. The first-order valence-corrected chi connectivity index (χ1v) is 14.3. The second-order valence-corrected chi connectivity index (χ2v) is 11.0. The molecular weight excluding hydrogens is 546 g/mol. The second-order valence-electron chi connectivity index (χ2n) is 11.0. The van der Waals surface area contributed by atoms with Crippen LogP contribution in [0.25, 0.3) is 11.3 Å². The summed E-state index contributed by atoms with van der Waals surface area (Å²) in [6.45, 7) is 4.19. The topological polar surface area (TPSA) is 135 Å². The Hall–Kier alpha value is -4.41. The van der Waals surface area contributed by atoms with Gasteiger partial charge in [-0.2, -0.15) is 0 Å². The first-order valence-electron chi connectivity index (χ1n) is 14.3. The number of ether oxygens (including phenoxy) is 1. The average molecular weight is 588 g/mol. The zero-order valence-electron chi connectivity index (χ0n) is 25.3. The van der Waals surface area contributed by atoms with E-state index in [2.05, 4.69) is 10.3 Å². The molecule has 0 fully saturated rings.